The van der Waals surface area contributed by atoms with Gasteiger partial charge in [-0.1, -0.05) is 5.16 Å². The zero-order valence-corrected chi connectivity index (χ0v) is 15.2. The van der Waals surface area contributed by atoms with Gasteiger partial charge in [0.05, 0.1) is 26.3 Å². The molecule has 0 atom stereocenters. The Kier molecular flexibility index (Phi) is 5.25. The minimum Gasteiger partial charge on any atom is -0.497 e. The molecule has 0 radical (unpaired) electrons. The number of anilines is 1. The number of hydrogen-bond donors (Lipinski definition) is 1. The third-order valence-electron chi connectivity index (χ3n) is 3.88. The lowest BCUT2D eigenvalue weighted by Crippen LogP contribution is -2.22. The van der Waals surface area contributed by atoms with Gasteiger partial charge in [-0.25, -0.2) is 0 Å². The zero-order valence-electron chi connectivity index (χ0n) is 15.2. The molecule has 0 aliphatic carbocycles. The van der Waals surface area contributed by atoms with Crippen LogP contribution < -0.4 is 20.3 Å². The summed E-state index contributed by atoms with van der Waals surface area (Å²) in [5.74, 6) is 1.75. The summed E-state index contributed by atoms with van der Waals surface area (Å²) >= 11 is 0. The highest BCUT2D eigenvalue weighted by molar-refractivity contribution is 6.03. The SMILES string of the molecule is COc1cc(Cn2cc(C(=O)Nc3cc(C)on3)ccc2=O)cc(OC)c1. The van der Waals surface area contributed by atoms with Crippen molar-refractivity contribution in [2.75, 3.05) is 19.5 Å². The van der Waals surface area contributed by atoms with E-state index in [4.69, 9.17) is 14.0 Å². The average Bonchev–Trinajstić information content (AvgIpc) is 3.07. The van der Waals surface area contributed by atoms with Crippen LogP contribution in [0.1, 0.15) is 21.7 Å². The van der Waals surface area contributed by atoms with Gasteiger partial charge in [0.15, 0.2) is 5.82 Å². The van der Waals surface area contributed by atoms with Crippen LogP contribution in [0.4, 0.5) is 5.82 Å². The van der Waals surface area contributed by atoms with E-state index >= 15 is 0 Å². The molecule has 1 aromatic carbocycles. The highest BCUT2D eigenvalue weighted by Gasteiger charge is 2.11. The second kappa shape index (κ2) is 7.77. The third kappa shape index (κ3) is 4.35. The van der Waals surface area contributed by atoms with Gasteiger partial charge in [0, 0.05) is 24.4 Å². The molecule has 0 bridgehead atoms. The molecule has 0 spiro atoms. The number of rotatable bonds is 6. The number of methoxy groups -OCH3 is 2. The highest BCUT2D eigenvalue weighted by Crippen LogP contribution is 2.23. The number of benzene rings is 1. The van der Waals surface area contributed by atoms with Gasteiger partial charge < -0.3 is 23.9 Å². The van der Waals surface area contributed by atoms with Crippen LogP contribution in [0.15, 0.2) is 51.9 Å². The molecule has 3 rings (SSSR count). The van der Waals surface area contributed by atoms with Crippen LogP contribution >= 0.6 is 0 Å². The fourth-order valence-electron chi connectivity index (χ4n) is 2.56. The maximum Gasteiger partial charge on any atom is 0.258 e. The molecule has 8 heteroatoms. The van der Waals surface area contributed by atoms with Gasteiger partial charge in [-0.3, -0.25) is 9.59 Å². The van der Waals surface area contributed by atoms with Crippen LogP contribution in [0.25, 0.3) is 0 Å². The van der Waals surface area contributed by atoms with Crippen LogP contribution in [0.5, 0.6) is 11.5 Å². The fraction of sp³-hybridized carbons (Fsp3) is 0.211. The normalized spacial score (nSPS) is 10.5. The van der Waals surface area contributed by atoms with Gasteiger partial charge in [-0.05, 0) is 30.7 Å². The Labute approximate surface area is 155 Å². The summed E-state index contributed by atoms with van der Waals surface area (Å²) < 4.78 is 16.9. The number of nitrogens with one attached hydrogen (secondary N) is 1. The highest BCUT2D eigenvalue weighted by atomic mass is 16.5. The minimum atomic E-state index is -0.389. The van der Waals surface area contributed by atoms with Crippen LogP contribution in [-0.4, -0.2) is 29.9 Å². The molecular formula is C19H19N3O5. The summed E-state index contributed by atoms with van der Waals surface area (Å²) in [4.78, 5) is 24.6. The molecule has 0 aliphatic rings. The van der Waals surface area contributed by atoms with E-state index in [1.54, 1.807) is 45.4 Å². The van der Waals surface area contributed by atoms with E-state index in [2.05, 4.69) is 10.5 Å². The predicted molar refractivity (Wildman–Crippen MR) is 98.5 cm³/mol. The number of aryl methyl sites for hydroxylation is 1. The van der Waals surface area contributed by atoms with Gasteiger partial charge in [0.1, 0.15) is 17.3 Å². The van der Waals surface area contributed by atoms with Crippen LogP contribution in [0.3, 0.4) is 0 Å². The summed E-state index contributed by atoms with van der Waals surface area (Å²) in [5.41, 5.74) is 0.897. The first-order chi connectivity index (χ1) is 13.0. The molecule has 0 saturated carbocycles. The first-order valence-corrected chi connectivity index (χ1v) is 8.15. The van der Waals surface area contributed by atoms with Crippen molar-refractivity contribution in [3.8, 4) is 11.5 Å². The lowest BCUT2D eigenvalue weighted by atomic mass is 10.2. The number of amides is 1. The Balaban J connectivity index is 1.85. The zero-order chi connectivity index (χ0) is 19.4. The molecule has 2 heterocycles. The maximum absolute atomic E-state index is 12.4. The van der Waals surface area contributed by atoms with Gasteiger partial charge in [-0.2, -0.15) is 0 Å². The summed E-state index contributed by atoms with van der Waals surface area (Å²) in [7, 11) is 3.11. The molecule has 0 aliphatic heterocycles. The van der Waals surface area contributed by atoms with Crippen molar-refractivity contribution >= 4 is 11.7 Å². The van der Waals surface area contributed by atoms with E-state index in [0.29, 0.717) is 28.6 Å². The molecule has 2 aromatic heterocycles. The molecule has 0 fully saturated rings. The molecular weight excluding hydrogens is 350 g/mol. The monoisotopic (exact) mass is 369 g/mol. The Morgan fingerprint density at radius 2 is 1.85 bits per heavy atom. The van der Waals surface area contributed by atoms with Crippen molar-refractivity contribution in [2.45, 2.75) is 13.5 Å². The van der Waals surface area contributed by atoms with Crippen molar-refractivity contribution in [3.63, 3.8) is 0 Å². The number of hydrogen-bond acceptors (Lipinski definition) is 6. The van der Waals surface area contributed by atoms with Crippen molar-refractivity contribution < 1.29 is 18.8 Å². The molecule has 27 heavy (non-hydrogen) atoms. The first-order valence-electron chi connectivity index (χ1n) is 8.15. The number of ether oxygens (including phenoxy) is 2. The summed E-state index contributed by atoms with van der Waals surface area (Å²) in [6.45, 7) is 1.99. The molecule has 3 aromatic rings. The third-order valence-corrected chi connectivity index (χ3v) is 3.88. The predicted octanol–water partition coefficient (Wildman–Crippen LogP) is 2.46. The lowest BCUT2D eigenvalue weighted by Gasteiger charge is -2.11. The summed E-state index contributed by atoms with van der Waals surface area (Å²) in [6, 6.07) is 9.78. The van der Waals surface area contributed by atoms with E-state index in [1.807, 2.05) is 0 Å². The standard InChI is InChI=1S/C19H19N3O5/c1-12-6-17(21-27-12)20-19(24)14-4-5-18(23)22(11-14)10-13-7-15(25-2)9-16(8-13)26-3/h4-9,11H,10H2,1-3H3,(H,20,21,24). The minimum absolute atomic E-state index is 0.231. The number of aromatic nitrogens is 2. The van der Waals surface area contributed by atoms with Crippen molar-refractivity contribution in [1.29, 1.82) is 0 Å². The molecule has 140 valence electrons. The van der Waals surface area contributed by atoms with E-state index in [1.165, 1.54) is 22.9 Å². The maximum atomic E-state index is 12.4. The van der Waals surface area contributed by atoms with E-state index in [9.17, 15) is 9.59 Å². The van der Waals surface area contributed by atoms with Crippen molar-refractivity contribution in [3.05, 3.63) is 69.8 Å². The molecule has 1 amide bonds. The topological polar surface area (TPSA) is 95.6 Å². The van der Waals surface area contributed by atoms with Crippen molar-refractivity contribution in [1.82, 2.24) is 9.72 Å². The van der Waals surface area contributed by atoms with E-state index in [-0.39, 0.29) is 18.0 Å². The quantitative estimate of drug-likeness (QED) is 0.717. The van der Waals surface area contributed by atoms with E-state index in [0.717, 1.165) is 5.56 Å². The Bertz CT molecular complexity index is 1000. The Morgan fingerprint density at radius 3 is 2.44 bits per heavy atom. The first kappa shape index (κ1) is 18.2. The number of carbonyl (C=O) groups excluding carboxylic acids is 1. The average molecular weight is 369 g/mol. The Morgan fingerprint density at radius 1 is 1.15 bits per heavy atom. The van der Waals surface area contributed by atoms with Crippen LogP contribution in [0, 0.1) is 6.92 Å². The number of carbonyl (C=O) groups is 1. The van der Waals surface area contributed by atoms with Gasteiger partial charge >= 0.3 is 0 Å². The smallest absolute Gasteiger partial charge is 0.258 e. The summed E-state index contributed by atoms with van der Waals surface area (Å²) in [6.07, 6.45) is 1.50. The lowest BCUT2D eigenvalue weighted by molar-refractivity contribution is 0.102. The molecule has 0 saturated heterocycles. The fourth-order valence-corrected chi connectivity index (χ4v) is 2.56. The largest absolute Gasteiger partial charge is 0.497 e. The van der Waals surface area contributed by atoms with Gasteiger partial charge in [0.2, 0.25) is 0 Å². The molecule has 1 N–H and O–H groups in total. The number of pyridine rings is 1. The Hall–Kier alpha value is -3.55. The van der Waals surface area contributed by atoms with Gasteiger partial charge in [0.25, 0.3) is 11.5 Å². The second-order valence-electron chi connectivity index (χ2n) is 5.88. The van der Waals surface area contributed by atoms with Crippen molar-refractivity contribution in [2.24, 2.45) is 0 Å². The molecule has 0 unspecified atom stereocenters. The van der Waals surface area contributed by atoms with Gasteiger partial charge in [-0.15, -0.1) is 0 Å². The summed E-state index contributed by atoms with van der Waals surface area (Å²) in [5, 5.41) is 6.35. The number of nitrogens with zero attached hydrogens (tertiary/aromatic N) is 2. The van der Waals surface area contributed by atoms with Crippen LogP contribution in [-0.2, 0) is 6.54 Å². The molecule has 8 nitrogen and oxygen atoms in total. The second-order valence-corrected chi connectivity index (χ2v) is 5.88. The van der Waals surface area contributed by atoms with Crippen LogP contribution in [0.2, 0.25) is 0 Å². The van der Waals surface area contributed by atoms with E-state index < -0.39 is 0 Å².